The number of carbonyl (C=O) groups is 1. The Balaban J connectivity index is 2.19. The summed E-state index contributed by atoms with van der Waals surface area (Å²) < 4.78 is 1.10. The molecule has 1 aliphatic carbocycles. The van der Waals surface area contributed by atoms with E-state index in [9.17, 15) is 4.79 Å². The van der Waals surface area contributed by atoms with Crippen LogP contribution in [0.3, 0.4) is 0 Å². The van der Waals surface area contributed by atoms with Gasteiger partial charge in [0.25, 0.3) is 5.91 Å². The van der Waals surface area contributed by atoms with E-state index in [1.54, 1.807) is 0 Å². The highest BCUT2D eigenvalue weighted by molar-refractivity contribution is 14.1. The summed E-state index contributed by atoms with van der Waals surface area (Å²) >= 11 is 2.24. The molecule has 0 bridgehead atoms. The summed E-state index contributed by atoms with van der Waals surface area (Å²) in [7, 11) is 0. The molecule has 3 nitrogen and oxygen atoms in total. The van der Waals surface area contributed by atoms with Crippen molar-refractivity contribution in [2.45, 2.75) is 32.2 Å². The number of nitrogens with zero attached hydrogens (tertiary/aromatic N) is 1. The average molecular weight is 372 g/mol. The quantitative estimate of drug-likeness (QED) is 0.827. The van der Waals surface area contributed by atoms with Crippen molar-refractivity contribution in [3.63, 3.8) is 0 Å². The fourth-order valence-corrected chi connectivity index (χ4v) is 3.56. The van der Waals surface area contributed by atoms with Crippen molar-refractivity contribution in [2.24, 2.45) is 11.7 Å². The zero-order valence-corrected chi connectivity index (χ0v) is 13.5. The van der Waals surface area contributed by atoms with Crippen LogP contribution in [0.4, 0.5) is 0 Å². The van der Waals surface area contributed by atoms with Crippen LogP contribution >= 0.6 is 22.6 Å². The van der Waals surface area contributed by atoms with E-state index >= 15 is 0 Å². The highest BCUT2D eigenvalue weighted by Gasteiger charge is 2.33. The summed E-state index contributed by atoms with van der Waals surface area (Å²) in [5.41, 5.74) is 6.63. The molecule has 0 aliphatic heterocycles. The van der Waals surface area contributed by atoms with Gasteiger partial charge in [-0.25, -0.2) is 0 Å². The van der Waals surface area contributed by atoms with Gasteiger partial charge in [-0.2, -0.15) is 0 Å². The molecule has 0 radical (unpaired) electrons. The molecule has 1 fully saturated rings. The van der Waals surface area contributed by atoms with E-state index in [1.807, 2.05) is 29.2 Å². The van der Waals surface area contributed by atoms with E-state index in [2.05, 4.69) is 29.5 Å². The largest absolute Gasteiger partial charge is 0.336 e. The number of hydrogen-bond acceptors (Lipinski definition) is 2. The SMILES string of the molecule is CCN(C(=O)c1cccc(I)c1)C1CCCC1CN. The average Bonchev–Trinajstić information content (AvgIpc) is 2.88. The molecular formula is C15H21IN2O. The number of carbonyl (C=O) groups excluding carboxylic acids is 1. The Labute approximate surface area is 128 Å². The van der Waals surface area contributed by atoms with Crippen molar-refractivity contribution in [3.8, 4) is 0 Å². The molecule has 0 saturated heterocycles. The molecule has 2 rings (SSSR count). The van der Waals surface area contributed by atoms with Crippen LogP contribution in [0, 0.1) is 9.49 Å². The van der Waals surface area contributed by atoms with Crippen molar-refractivity contribution in [1.82, 2.24) is 4.90 Å². The fourth-order valence-electron chi connectivity index (χ4n) is 3.02. The molecule has 0 spiro atoms. The topological polar surface area (TPSA) is 46.3 Å². The molecule has 104 valence electrons. The fraction of sp³-hybridized carbons (Fsp3) is 0.533. The van der Waals surface area contributed by atoms with E-state index in [4.69, 9.17) is 5.73 Å². The zero-order chi connectivity index (χ0) is 13.8. The van der Waals surface area contributed by atoms with Gasteiger partial charge in [0, 0.05) is 21.7 Å². The molecule has 19 heavy (non-hydrogen) atoms. The molecule has 1 saturated carbocycles. The molecule has 1 aliphatic rings. The van der Waals surface area contributed by atoms with E-state index < -0.39 is 0 Å². The lowest BCUT2D eigenvalue weighted by Gasteiger charge is -2.32. The van der Waals surface area contributed by atoms with Gasteiger partial charge in [0.2, 0.25) is 0 Å². The second kappa shape index (κ2) is 6.70. The molecule has 2 N–H and O–H groups in total. The predicted molar refractivity (Wildman–Crippen MR) is 86.1 cm³/mol. The maximum atomic E-state index is 12.7. The maximum Gasteiger partial charge on any atom is 0.254 e. The number of amides is 1. The first kappa shape index (κ1) is 14.8. The van der Waals surface area contributed by atoms with Crippen LogP contribution in [-0.4, -0.2) is 29.9 Å². The first-order chi connectivity index (χ1) is 9.17. The lowest BCUT2D eigenvalue weighted by Crippen LogP contribution is -2.44. The van der Waals surface area contributed by atoms with Crippen molar-refractivity contribution in [3.05, 3.63) is 33.4 Å². The highest BCUT2D eigenvalue weighted by atomic mass is 127. The second-order valence-electron chi connectivity index (χ2n) is 5.10. The number of halogens is 1. The van der Waals surface area contributed by atoms with E-state index in [0.29, 0.717) is 18.5 Å². The minimum atomic E-state index is 0.145. The Morgan fingerprint density at radius 1 is 1.47 bits per heavy atom. The van der Waals surface area contributed by atoms with Crippen LogP contribution in [0.2, 0.25) is 0 Å². The normalized spacial score (nSPS) is 22.5. The van der Waals surface area contributed by atoms with Crippen molar-refractivity contribution in [1.29, 1.82) is 0 Å². The predicted octanol–water partition coefficient (Wildman–Crippen LogP) is 2.88. The van der Waals surface area contributed by atoms with Crippen LogP contribution in [0.1, 0.15) is 36.5 Å². The van der Waals surface area contributed by atoms with Crippen LogP contribution in [0.25, 0.3) is 0 Å². The number of hydrogen-bond donors (Lipinski definition) is 1. The summed E-state index contributed by atoms with van der Waals surface area (Å²) in [4.78, 5) is 14.7. The monoisotopic (exact) mass is 372 g/mol. The van der Waals surface area contributed by atoms with Crippen molar-refractivity contribution in [2.75, 3.05) is 13.1 Å². The van der Waals surface area contributed by atoms with E-state index in [1.165, 1.54) is 6.42 Å². The number of nitrogens with two attached hydrogens (primary N) is 1. The van der Waals surface area contributed by atoms with Crippen LogP contribution in [0.15, 0.2) is 24.3 Å². The van der Waals surface area contributed by atoms with Crippen LogP contribution in [-0.2, 0) is 0 Å². The molecular weight excluding hydrogens is 351 g/mol. The van der Waals surface area contributed by atoms with Gasteiger partial charge in [-0.3, -0.25) is 4.79 Å². The van der Waals surface area contributed by atoms with Crippen LogP contribution in [0.5, 0.6) is 0 Å². The maximum absolute atomic E-state index is 12.7. The second-order valence-corrected chi connectivity index (χ2v) is 6.34. The standard InChI is InChI=1S/C15H21IN2O/c1-2-18(14-8-4-6-12(14)10-17)15(19)11-5-3-7-13(16)9-11/h3,5,7,9,12,14H,2,4,6,8,10,17H2,1H3. The van der Waals surface area contributed by atoms with Gasteiger partial charge in [-0.05, 0) is 73.0 Å². The van der Waals surface area contributed by atoms with Crippen molar-refractivity contribution < 1.29 is 4.79 Å². The Morgan fingerprint density at radius 3 is 2.89 bits per heavy atom. The molecule has 1 aromatic carbocycles. The lowest BCUT2D eigenvalue weighted by atomic mass is 10.0. The molecule has 2 unspecified atom stereocenters. The molecule has 0 heterocycles. The Morgan fingerprint density at radius 2 is 2.26 bits per heavy atom. The minimum Gasteiger partial charge on any atom is -0.336 e. The molecule has 0 aromatic heterocycles. The summed E-state index contributed by atoms with van der Waals surface area (Å²) in [6, 6.07) is 8.13. The van der Waals surface area contributed by atoms with Gasteiger partial charge < -0.3 is 10.6 Å². The van der Waals surface area contributed by atoms with Crippen LogP contribution < -0.4 is 5.73 Å². The highest BCUT2D eigenvalue weighted by Crippen LogP contribution is 2.30. The van der Waals surface area contributed by atoms with Gasteiger partial charge in [0.1, 0.15) is 0 Å². The first-order valence-corrected chi connectivity index (χ1v) is 8.01. The Bertz CT molecular complexity index is 450. The van der Waals surface area contributed by atoms with E-state index in [-0.39, 0.29) is 5.91 Å². The third kappa shape index (κ3) is 3.28. The molecule has 2 atom stereocenters. The molecule has 4 heteroatoms. The lowest BCUT2D eigenvalue weighted by molar-refractivity contribution is 0.0652. The van der Waals surface area contributed by atoms with Gasteiger partial charge in [-0.15, -0.1) is 0 Å². The van der Waals surface area contributed by atoms with Gasteiger partial charge >= 0.3 is 0 Å². The minimum absolute atomic E-state index is 0.145. The summed E-state index contributed by atoms with van der Waals surface area (Å²) in [6.45, 7) is 3.49. The first-order valence-electron chi connectivity index (χ1n) is 6.94. The Hall–Kier alpha value is -0.620. The van der Waals surface area contributed by atoms with E-state index in [0.717, 1.165) is 28.5 Å². The molecule has 1 aromatic rings. The molecule has 1 amide bonds. The smallest absolute Gasteiger partial charge is 0.254 e. The summed E-state index contributed by atoms with van der Waals surface area (Å²) in [6.07, 6.45) is 3.42. The van der Waals surface area contributed by atoms with Gasteiger partial charge in [0.15, 0.2) is 0 Å². The van der Waals surface area contributed by atoms with Gasteiger partial charge in [-0.1, -0.05) is 12.5 Å². The summed E-state index contributed by atoms with van der Waals surface area (Å²) in [5.74, 6) is 0.609. The van der Waals surface area contributed by atoms with Gasteiger partial charge in [0.05, 0.1) is 0 Å². The third-order valence-electron chi connectivity index (χ3n) is 4.00. The zero-order valence-electron chi connectivity index (χ0n) is 11.3. The van der Waals surface area contributed by atoms with Crippen molar-refractivity contribution >= 4 is 28.5 Å². The summed E-state index contributed by atoms with van der Waals surface area (Å²) in [5, 5.41) is 0. The third-order valence-corrected chi connectivity index (χ3v) is 4.67. The number of benzene rings is 1. The Kier molecular flexibility index (Phi) is 5.21. The number of rotatable bonds is 4.